The van der Waals surface area contributed by atoms with E-state index < -0.39 is 0 Å². The average Bonchev–Trinajstić information content (AvgIpc) is 2.55. The maximum absolute atomic E-state index is 5.95. The lowest BCUT2D eigenvalue weighted by Crippen LogP contribution is -2.53. The van der Waals surface area contributed by atoms with Crippen molar-refractivity contribution in [3.05, 3.63) is 0 Å². The summed E-state index contributed by atoms with van der Waals surface area (Å²) in [5, 5.41) is 4.26. The van der Waals surface area contributed by atoms with Crippen molar-refractivity contribution in [2.75, 3.05) is 58.7 Å². The third-order valence-corrected chi connectivity index (χ3v) is 6.22. The Bertz CT molecular complexity index is 409. The highest BCUT2D eigenvalue weighted by molar-refractivity contribution is 14.0. The fraction of sp³-hybridized carbons (Fsp3) is 0.944. The smallest absolute Gasteiger partial charge is 0.193 e. The SMILES string of the molecule is CN=C(NCC1CN(CC(C)C)CCO1)N1CCSC(C(C)C)C1.I. The number of aliphatic imine (C=N–C) groups is 1. The topological polar surface area (TPSA) is 40.1 Å². The fourth-order valence-electron chi connectivity index (χ4n) is 3.39. The molecule has 0 aromatic carbocycles. The van der Waals surface area contributed by atoms with Crippen LogP contribution in [0.15, 0.2) is 4.99 Å². The Labute approximate surface area is 175 Å². The van der Waals surface area contributed by atoms with Gasteiger partial charge in [0.25, 0.3) is 0 Å². The summed E-state index contributed by atoms with van der Waals surface area (Å²) in [6, 6.07) is 0. The largest absolute Gasteiger partial charge is 0.374 e. The van der Waals surface area contributed by atoms with E-state index in [9.17, 15) is 0 Å². The summed E-state index contributed by atoms with van der Waals surface area (Å²) in [7, 11) is 1.89. The second-order valence-electron chi connectivity index (χ2n) is 7.67. The van der Waals surface area contributed by atoms with Crippen LogP contribution in [-0.4, -0.2) is 85.8 Å². The minimum atomic E-state index is 0. The molecule has 2 aliphatic heterocycles. The van der Waals surface area contributed by atoms with Crippen LogP contribution in [0.25, 0.3) is 0 Å². The lowest BCUT2D eigenvalue weighted by molar-refractivity contribution is -0.0286. The van der Waals surface area contributed by atoms with Gasteiger partial charge >= 0.3 is 0 Å². The van der Waals surface area contributed by atoms with E-state index in [2.05, 4.69) is 59.6 Å². The van der Waals surface area contributed by atoms with Crippen molar-refractivity contribution in [1.29, 1.82) is 0 Å². The van der Waals surface area contributed by atoms with Gasteiger partial charge in [0.1, 0.15) is 0 Å². The van der Waals surface area contributed by atoms with Gasteiger partial charge in [-0.1, -0.05) is 27.7 Å². The molecule has 0 amide bonds. The second kappa shape index (κ2) is 11.9. The van der Waals surface area contributed by atoms with Crippen molar-refractivity contribution in [3.8, 4) is 0 Å². The molecular formula is C18H37IN4OS. The maximum atomic E-state index is 5.95. The Morgan fingerprint density at radius 3 is 2.64 bits per heavy atom. The van der Waals surface area contributed by atoms with Gasteiger partial charge in [-0.3, -0.25) is 9.89 Å². The first-order valence-electron chi connectivity index (χ1n) is 9.40. The fourth-order valence-corrected chi connectivity index (χ4v) is 4.69. The number of ether oxygens (including phenoxy) is 1. The van der Waals surface area contributed by atoms with Gasteiger partial charge in [-0.25, -0.2) is 0 Å². The van der Waals surface area contributed by atoms with E-state index in [0.29, 0.717) is 17.1 Å². The van der Waals surface area contributed by atoms with E-state index in [1.165, 1.54) is 5.75 Å². The third-order valence-electron chi connectivity index (χ3n) is 4.68. The van der Waals surface area contributed by atoms with E-state index in [4.69, 9.17) is 4.74 Å². The first-order valence-corrected chi connectivity index (χ1v) is 10.5. The highest BCUT2D eigenvalue weighted by Gasteiger charge is 2.26. The molecule has 5 nitrogen and oxygen atoms in total. The van der Waals surface area contributed by atoms with Crippen LogP contribution in [0.4, 0.5) is 0 Å². The molecule has 2 rings (SSSR count). The van der Waals surface area contributed by atoms with Gasteiger partial charge < -0.3 is 15.0 Å². The average molecular weight is 484 g/mol. The quantitative estimate of drug-likeness (QED) is 0.369. The van der Waals surface area contributed by atoms with E-state index in [1.807, 2.05) is 7.05 Å². The van der Waals surface area contributed by atoms with Crippen LogP contribution < -0.4 is 5.32 Å². The van der Waals surface area contributed by atoms with Gasteiger partial charge in [-0.15, -0.1) is 24.0 Å². The number of hydrogen-bond acceptors (Lipinski definition) is 4. The van der Waals surface area contributed by atoms with Crippen LogP contribution >= 0.6 is 35.7 Å². The number of thioether (sulfide) groups is 1. The Morgan fingerprint density at radius 2 is 2.00 bits per heavy atom. The van der Waals surface area contributed by atoms with E-state index in [0.717, 1.165) is 51.8 Å². The number of nitrogens with zero attached hydrogens (tertiary/aromatic N) is 3. The molecule has 0 spiro atoms. The summed E-state index contributed by atoms with van der Waals surface area (Å²) in [6.45, 7) is 16.3. The standard InChI is InChI=1S/C18H36N4OS.HI/c1-14(2)11-21-6-8-23-16(12-21)10-20-18(19-5)22-7-9-24-17(13-22)15(3)4;/h14-17H,6-13H2,1-5H3,(H,19,20);1H. The van der Waals surface area contributed by atoms with Gasteiger partial charge in [0.05, 0.1) is 12.7 Å². The van der Waals surface area contributed by atoms with Crippen LogP contribution in [-0.2, 0) is 4.74 Å². The first kappa shape index (κ1) is 23.3. The molecule has 0 aromatic heterocycles. The Morgan fingerprint density at radius 1 is 1.24 bits per heavy atom. The summed E-state index contributed by atoms with van der Waals surface area (Å²) in [4.78, 5) is 9.45. The van der Waals surface area contributed by atoms with Crippen molar-refractivity contribution >= 4 is 41.7 Å². The maximum Gasteiger partial charge on any atom is 0.193 e. The Kier molecular flexibility index (Phi) is 11.1. The molecule has 0 bridgehead atoms. The first-order chi connectivity index (χ1) is 11.5. The molecule has 2 atom stereocenters. The van der Waals surface area contributed by atoms with Gasteiger partial charge in [-0.2, -0.15) is 11.8 Å². The van der Waals surface area contributed by atoms with E-state index >= 15 is 0 Å². The number of rotatable bonds is 5. The van der Waals surface area contributed by atoms with Crippen molar-refractivity contribution in [2.45, 2.75) is 39.0 Å². The minimum absolute atomic E-state index is 0. The lowest BCUT2D eigenvalue weighted by Gasteiger charge is -2.38. The molecule has 0 radical (unpaired) electrons. The molecule has 0 saturated carbocycles. The highest BCUT2D eigenvalue weighted by Crippen LogP contribution is 2.24. The second-order valence-corrected chi connectivity index (χ2v) is 9.02. The molecule has 1 N–H and O–H groups in total. The van der Waals surface area contributed by atoms with Crippen LogP contribution in [0.5, 0.6) is 0 Å². The lowest BCUT2D eigenvalue weighted by atomic mass is 10.1. The van der Waals surface area contributed by atoms with Crippen molar-refractivity contribution < 1.29 is 4.74 Å². The zero-order valence-electron chi connectivity index (χ0n) is 16.5. The third kappa shape index (κ3) is 7.81. The van der Waals surface area contributed by atoms with Crippen LogP contribution in [0, 0.1) is 11.8 Å². The molecule has 2 unspecified atom stereocenters. The highest BCUT2D eigenvalue weighted by atomic mass is 127. The molecule has 25 heavy (non-hydrogen) atoms. The number of morpholine rings is 1. The van der Waals surface area contributed by atoms with E-state index in [-0.39, 0.29) is 30.1 Å². The Balaban J connectivity index is 0.00000312. The molecule has 2 saturated heterocycles. The van der Waals surface area contributed by atoms with Crippen molar-refractivity contribution in [2.24, 2.45) is 16.8 Å². The molecule has 0 aliphatic carbocycles. The summed E-state index contributed by atoms with van der Waals surface area (Å²) < 4.78 is 5.95. The Hall–Kier alpha value is 0.270. The molecule has 2 aliphatic rings. The summed E-state index contributed by atoms with van der Waals surface area (Å²) >= 11 is 2.10. The molecule has 0 aromatic rings. The van der Waals surface area contributed by atoms with Crippen LogP contribution in [0.2, 0.25) is 0 Å². The predicted octanol–water partition coefficient (Wildman–Crippen LogP) is 2.61. The van der Waals surface area contributed by atoms with Gasteiger partial charge in [-0.05, 0) is 11.8 Å². The minimum Gasteiger partial charge on any atom is -0.374 e. The number of nitrogens with one attached hydrogen (secondary N) is 1. The van der Waals surface area contributed by atoms with Crippen LogP contribution in [0.1, 0.15) is 27.7 Å². The van der Waals surface area contributed by atoms with Gasteiger partial charge in [0, 0.05) is 57.3 Å². The summed E-state index contributed by atoms with van der Waals surface area (Å²) in [5.41, 5.74) is 0. The van der Waals surface area contributed by atoms with Crippen molar-refractivity contribution in [1.82, 2.24) is 15.1 Å². The zero-order chi connectivity index (χ0) is 17.5. The molecule has 148 valence electrons. The number of halogens is 1. The molecular weight excluding hydrogens is 447 g/mol. The van der Waals surface area contributed by atoms with Gasteiger partial charge in [0.2, 0.25) is 0 Å². The van der Waals surface area contributed by atoms with Gasteiger partial charge in [0.15, 0.2) is 5.96 Å². The van der Waals surface area contributed by atoms with Crippen LogP contribution in [0.3, 0.4) is 0 Å². The number of guanidine groups is 1. The van der Waals surface area contributed by atoms with Crippen molar-refractivity contribution in [3.63, 3.8) is 0 Å². The normalized spacial score (nSPS) is 26.0. The predicted molar refractivity (Wildman–Crippen MR) is 120 cm³/mol. The summed E-state index contributed by atoms with van der Waals surface area (Å²) in [6.07, 6.45) is 0.259. The molecule has 2 heterocycles. The number of hydrogen-bond donors (Lipinski definition) is 1. The molecule has 7 heteroatoms. The summed E-state index contributed by atoms with van der Waals surface area (Å²) in [5.74, 6) is 3.64. The zero-order valence-corrected chi connectivity index (χ0v) is 19.7. The van der Waals surface area contributed by atoms with E-state index in [1.54, 1.807) is 0 Å². The monoisotopic (exact) mass is 484 g/mol. The molecule has 2 fully saturated rings.